The molecule has 0 saturated heterocycles. The Morgan fingerprint density at radius 1 is 0.913 bits per heavy atom. The molecule has 5 heteroatoms. The summed E-state index contributed by atoms with van der Waals surface area (Å²) in [6, 6.07) is 16.4. The van der Waals surface area contributed by atoms with Gasteiger partial charge in [0.25, 0.3) is 0 Å². The monoisotopic (exact) mass is 349 g/mol. The highest BCUT2D eigenvalue weighted by Gasteiger charge is 2.30. The lowest BCUT2D eigenvalue weighted by atomic mass is 9.80. The first kappa shape index (κ1) is 16.5. The van der Waals surface area contributed by atoms with Gasteiger partial charge in [-0.1, -0.05) is 54.8 Å². The van der Waals surface area contributed by atoms with E-state index in [0.29, 0.717) is 5.02 Å². The summed E-state index contributed by atoms with van der Waals surface area (Å²) >= 11 is 5.84. The van der Waals surface area contributed by atoms with Crippen LogP contribution in [0.5, 0.6) is 0 Å². The van der Waals surface area contributed by atoms with Crippen LogP contribution in [0.2, 0.25) is 5.02 Å². The summed E-state index contributed by atoms with van der Waals surface area (Å²) in [4.78, 5) is 0.263. The third-order valence-corrected chi connectivity index (χ3v) is 6.18. The van der Waals surface area contributed by atoms with E-state index in [0.717, 1.165) is 25.7 Å². The summed E-state index contributed by atoms with van der Waals surface area (Å²) in [5.74, 6) is 0.229. The van der Waals surface area contributed by atoms with Crippen LogP contribution in [0.15, 0.2) is 59.5 Å². The largest absolute Gasteiger partial charge is 0.240 e. The third kappa shape index (κ3) is 3.94. The fraction of sp³-hybridized carbons (Fsp3) is 0.333. The van der Waals surface area contributed by atoms with E-state index in [4.69, 9.17) is 11.6 Å². The summed E-state index contributed by atoms with van der Waals surface area (Å²) < 4.78 is 28.2. The Morgan fingerprint density at radius 2 is 1.57 bits per heavy atom. The van der Waals surface area contributed by atoms with Crippen LogP contribution < -0.4 is 4.72 Å². The number of rotatable bonds is 4. The van der Waals surface area contributed by atoms with Crippen LogP contribution in [0, 0.1) is 0 Å². The summed E-state index contributed by atoms with van der Waals surface area (Å²) in [6.07, 6.45) is 4.07. The van der Waals surface area contributed by atoms with Gasteiger partial charge in [-0.2, -0.15) is 0 Å². The maximum Gasteiger partial charge on any atom is 0.240 e. The molecule has 2 atom stereocenters. The van der Waals surface area contributed by atoms with E-state index in [1.807, 2.05) is 18.2 Å². The van der Waals surface area contributed by atoms with Crippen LogP contribution in [-0.2, 0) is 10.0 Å². The van der Waals surface area contributed by atoms with Gasteiger partial charge in [0.15, 0.2) is 0 Å². The summed E-state index contributed by atoms with van der Waals surface area (Å²) in [5, 5.41) is 0.531. The van der Waals surface area contributed by atoms with Crippen molar-refractivity contribution in [2.45, 2.75) is 42.5 Å². The molecule has 0 radical (unpaired) electrons. The number of benzene rings is 2. The number of hydrogen-bond acceptors (Lipinski definition) is 2. The fourth-order valence-corrected chi connectivity index (χ4v) is 4.69. The second-order valence-corrected chi connectivity index (χ2v) is 8.13. The second-order valence-electron chi connectivity index (χ2n) is 5.98. The molecule has 0 bridgehead atoms. The SMILES string of the molecule is O=S(=O)(NC1CCCCC1c1ccccc1)c1ccc(Cl)cc1. The smallest absolute Gasteiger partial charge is 0.207 e. The molecular formula is C18H20ClNO2S. The van der Waals surface area contributed by atoms with Crippen LogP contribution >= 0.6 is 11.6 Å². The van der Waals surface area contributed by atoms with Crippen molar-refractivity contribution in [3.05, 3.63) is 65.2 Å². The molecule has 1 aliphatic carbocycles. The van der Waals surface area contributed by atoms with E-state index >= 15 is 0 Å². The van der Waals surface area contributed by atoms with E-state index in [1.165, 1.54) is 5.56 Å². The molecule has 0 aromatic heterocycles. The van der Waals surface area contributed by atoms with Crippen molar-refractivity contribution in [3.8, 4) is 0 Å². The molecule has 1 aliphatic rings. The Labute approximate surface area is 142 Å². The maximum atomic E-state index is 12.6. The van der Waals surface area contributed by atoms with Crippen LogP contribution in [-0.4, -0.2) is 14.5 Å². The van der Waals surface area contributed by atoms with E-state index in [2.05, 4.69) is 16.9 Å². The quantitative estimate of drug-likeness (QED) is 0.892. The Kier molecular flexibility index (Phi) is 5.05. The van der Waals surface area contributed by atoms with Gasteiger partial charge in [0.2, 0.25) is 10.0 Å². The van der Waals surface area contributed by atoms with Gasteiger partial charge in [-0.25, -0.2) is 13.1 Å². The number of nitrogens with one attached hydrogen (secondary N) is 1. The predicted molar refractivity (Wildman–Crippen MR) is 93.2 cm³/mol. The van der Waals surface area contributed by atoms with Crippen molar-refractivity contribution in [1.82, 2.24) is 4.72 Å². The molecular weight excluding hydrogens is 330 g/mol. The molecule has 0 spiro atoms. The second kappa shape index (κ2) is 7.04. The minimum atomic E-state index is -3.53. The highest BCUT2D eigenvalue weighted by atomic mass is 35.5. The Bertz CT molecular complexity index is 744. The number of sulfonamides is 1. The molecule has 2 aromatic rings. The van der Waals surface area contributed by atoms with Crippen molar-refractivity contribution in [2.75, 3.05) is 0 Å². The van der Waals surface area contributed by atoms with Gasteiger partial charge in [0.1, 0.15) is 0 Å². The van der Waals surface area contributed by atoms with Crippen molar-refractivity contribution in [3.63, 3.8) is 0 Å². The zero-order chi connectivity index (χ0) is 16.3. The van der Waals surface area contributed by atoms with E-state index < -0.39 is 10.0 Å². The van der Waals surface area contributed by atoms with Gasteiger partial charge < -0.3 is 0 Å². The summed E-state index contributed by atoms with van der Waals surface area (Å²) in [5.41, 5.74) is 1.20. The third-order valence-electron chi connectivity index (χ3n) is 4.42. The lowest BCUT2D eigenvalue weighted by Gasteiger charge is -2.32. The van der Waals surface area contributed by atoms with Crippen molar-refractivity contribution in [1.29, 1.82) is 0 Å². The van der Waals surface area contributed by atoms with Crippen molar-refractivity contribution >= 4 is 21.6 Å². The Morgan fingerprint density at radius 3 is 2.26 bits per heavy atom. The standard InChI is InChI=1S/C18H20ClNO2S/c19-15-10-12-16(13-11-15)23(21,22)20-18-9-5-4-8-17(18)14-6-2-1-3-7-14/h1-3,6-7,10-13,17-18,20H,4-5,8-9H2. The molecule has 23 heavy (non-hydrogen) atoms. The van der Waals surface area contributed by atoms with Crippen LogP contribution in [0.3, 0.4) is 0 Å². The first-order valence-corrected chi connectivity index (χ1v) is 9.75. The van der Waals surface area contributed by atoms with Crippen molar-refractivity contribution in [2.24, 2.45) is 0 Å². The molecule has 0 amide bonds. The molecule has 1 saturated carbocycles. The minimum Gasteiger partial charge on any atom is -0.207 e. The molecule has 0 aliphatic heterocycles. The summed E-state index contributed by atoms with van der Waals surface area (Å²) in [7, 11) is -3.53. The van der Waals surface area contributed by atoms with Gasteiger partial charge in [0.05, 0.1) is 4.90 Å². The van der Waals surface area contributed by atoms with Crippen LogP contribution in [0.25, 0.3) is 0 Å². The first-order chi connectivity index (χ1) is 11.1. The summed E-state index contributed by atoms with van der Waals surface area (Å²) in [6.45, 7) is 0. The molecule has 122 valence electrons. The average Bonchev–Trinajstić information content (AvgIpc) is 2.56. The normalized spacial score (nSPS) is 22.0. The molecule has 2 unspecified atom stereocenters. The lowest BCUT2D eigenvalue weighted by Crippen LogP contribution is -2.40. The fourth-order valence-electron chi connectivity index (χ4n) is 3.25. The van der Waals surface area contributed by atoms with E-state index in [9.17, 15) is 8.42 Å². The highest BCUT2D eigenvalue weighted by molar-refractivity contribution is 7.89. The van der Waals surface area contributed by atoms with Gasteiger partial charge in [0, 0.05) is 17.0 Å². The van der Waals surface area contributed by atoms with E-state index in [-0.39, 0.29) is 16.9 Å². The molecule has 0 heterocycles. The van der Waals surface area contributed by atoms with Gasteiger partial charge in [-0.3, -0.25) is 0 Å². The van der Waals surface area contributed by atoms with Gasteiger partial charge >= 0.3 is 0 Å². The van der Waals surface area contributed by atoms with E-state index in [1.54, 1.807) is 24.3 Å². The topological polar surface area (TPSA) is 46.2 Å². The molecule has 1 N–H and O–H groups in total. The molecule has 1 fully saturated rings. The average molecular weight is 350 g/mol. The molecule has 2 aromatic carbocycles. The van der Waals surface area contributed by atoms with Crippen LogP contribution in [0.1, 0.15) is 37.2 Å². The zero-order valence-electron chi connectivity index (χ0n) is 12.8. The van der Waals surface area contributed by atoms with Crippen molar-refractivity contribution < 1.29 is 8.42 Å². The Hall–Kier alpha value is -1.36. The number of halogens is 1. The molecule has 3 nitrogen and oxygen atoms in total. The first-order valence-electron chi connectivity index (χ1n) is 7.89. The van der Waals surface area contributed by atoms with Crippen LogP contribution in [0.4, 0.5) is 0 Å². The van der Waals surface area contributed by atoms with Gasteiger partial charge in [-0.15, -0.1) is 0 Å². The predicted octanol–water partition coefficient (Wildman–Crippen LogP) is 4.34. The zero-order valence-corrected chi connectivity index (χ0v) is 14.4. The highest BCUT2D eigenvalue weighted by Crippen LogP contribution is 2.33. The number of hydrogen-bond donors (Lipinski definition) is 1. The maximum absolute atomic E-state index is 12.6. The molecule has 3 rings (SSSR count). The van der Waals surface area contributed by atoms with Gasteiger partial charge in [-0.05, 0) is 42.7 Å². The lowest BCUT2D eigenvalue weighted by molar-refractivity contribution is 0.361. The Balaban J connectivity index is 1.83. The minimum absolute atomic E-state index is 0.0631.